The van der Waals surface area contributed by atoms with Gasteiger partial charge in [0, 0.05) is 70.3 Å². The Labute approximate surface area is 200 Å². The number of nitrogens with zero attached hydrogens (tertiary/aromatic N) is 6. The van der Waals surface area contributed by atoms with E-state index in [2.05, 4.69) is 65.7 Å². The number of hydrogen-bond donors (Lipinski definition) is 0. The molecule has 2 aromatic rings. The Morgan fingerprint density at radius 3 is 2.24 bits per heavy atom. The summed E-state index contributed by atoms with van der Waals surface area (Å²) in [6, 6.07) is 12.6. The van der Waals surface area contributed by atoms with Gasteiger partial charge in [0.15, 0.2) is 0 Å². The third kappa shape index (κ3) is 6.24. The molecule has 0 radical (unpaired) electrons. The summed E-state index contributed by atoms with van der Waals surface area (Å²) in [5.74, 6) is 0. The van der Waals surface area contributed by atoms with Crippen molar-refractivity contribution in [2.24, 2.45) is 0 Å². The molecule has 0 saturated carbocycles. The van der Waals surface area contributed by atoms with E-state index in [1.165, 1.54) is 70.4 Å². The van der Waals surface area contributed by atoms with Gasteiger partial charge in [0.05, 0.1) is 6.33 Å². The Balaban J connectivity index is 1.14. The summed E-state index contributed by atoms with van der Waals surface area (Å²) >= 11 is 0. The van der Waals surface area contributed by atoms with E-state index in [1.54, 1.807) is 0 Å². The molecule has 3 fully saturated rings. The number of piperidine rings is 2. The molecule has 3 aliphatic heterocycles. The largest absolute Gasteiger partial charge is 0.336 e. The van der Waals surface area contributed by atoms with E-state index in [9.17, 15) is 0 Å². The fourth-order valence-corrected chi connectivity index (χ4v) is 6.08. The lowest BCUT2D eigenvalue weighted by molar-refractivity contribution is 0.0504. The average molecular weight is 451 g/mol. The second-order valence-corrected chi connectivity index (χ2v) is 10.2. The third-order valence-corrected chi connectivity index (χ3v) is 8.16. The maximum Gasteiger partial charge on any atom is 0.0946 e. The van der Waals surface area contributed by atoms with Gasteiger partial charge in [0.1, 0.15) is 0 Å². The second kappa shape index (κ2) is 11.6. The van der Waals surface area contributed by atoms with Crippen LogP contribution in [0.2, 0.25) is 0 Å². The lowest BCUT2D eigenvalue weighted by Gasteiger charge is -2.44. The van der Waals surface area contributed by atoms with Gasteiger partial charge in [-0.15, -0.1) is 0 Å². The molecule has 0 bridgehead atoms. The summed E-state index contributed by atoms with van der Waals surface area (Å²) in [4.78, 5) is 15.1. The van der Waals surface area contributed by atoms with Gasteiger partial charge in [-0.2, -0.15) is 0 Å². The summed E-state index contributed by atoms with van der Waals surface area (Å²) in [5, 5.41) is 0. The Morgan fingerprint density at radius 1 is 0.788 bits per heavy atom. The first kappa shape index (κ1) is 23.0. The topological polar surface area (TPSA) is 30.8 Å². The van der Waals surface area contributed by atoms with Gasteiger partial charge in [0.25, 0.3) is 0 Å². The number of rotatable bonds is 8. The minimum atomic E-state index is 0.508. The smallest absolute Gasteiger partial charge is 0.0946 e. The molecule has 5 rings (SSSR count). The SMILES string of the molecule is c1ccc(C(CN2CCC(N3CCCCC3)CC2)N2CCN(CCn3ccnc3)CC2)cc1. The van der Waals surface area contributed by atoms with Gasteiger partial charge in [0.2, 0.25) is 0 Å². The van der Waals surface area contributed by atoms with E-state index in [4.69, 9.17) is 0 Å². The molecule has 1 unspecified atom stereocenters. The number of benzene rings is 1. The van der Waals surface area contributed by atoms with Crippen molar-refractivity contribution in [3.63, 3.8) is 0 Å². The van der Waals surface area contributed by atoms with Gasteiger partial charge < -0.3 is 14.4 Å². The Hall–Kier alpha value is -1.73. The number of aromatic nitrogens is 2. The van der Waals surface area contributed by atoms with Crippen molar-refractivity contribution < 1.29 is 0 Å². The molecule has 0 spiro atoms. The van der Waals surface area contributed by atoms with Gasteiger partial charge >= 0.3 is 0 Å². The van der Waals surface area contributed by atoms with Crippen LogP contribution in [0.1, 0.15) is 43.7 Å². The first-order valence-electron chi connectivity index (χ1n) is 13.3. The molecule has 180 valence electrons. The molecular weight excluding hydrogens is 408 g/mol. The quantitative estimate of drug-likeness (QED) is 0.617. The average Bonchev–Trinajstić information content (AvgIpc) is 3.42. The van der Waals surface area contributed by atoms with E-state index in [1.807, 2.05) is 12.5 Å². The van der Waals surface area contributed by atoms with Gasteiger partial charge in [-0.3, -0.25) is 9.80 Å². The zero-order valence-corrected chi connectivity index (χ0v) is 20.3. The monoisotopic (exact) mass is 450 g/mol. The van der Waals surface area contributed by atoms with E-state index >= 15 is 0 Å². The first-order valence-corrected chi connectivity index (χ1v) is 13.3. The van der Waals surface area contributed by atoms with Crippen LogP contribution in [0, 0.1) is 0 Å². The van der Waals surface area contributed by atoms with Crippen molar-refractivity contribution in [2.75, 3.05) is 65.4 Å². The highest BCUT2D eigenvalue weighted by molar-refractivity contribution is 5.20. The van der Waals surface area contributed by atoms with Crippen molar-refractivity contribution >= 4 is 0 Å². The van der Waals surface area contributed by atoms with Crippen molar-refractivity contribution in [1.82, 2.24) is 29.2 Å². The lowest BCUT2D eigenvalue weighted by Crippen LogP contribution is -2.52. The normalized spacial score (nSPS) is 23.6. The Bertz CT molecular complexity index is 787. The highest BCUT2D eigenvalue weighted by Crippen LogP contribution is 2.27. The van der Waals surface area contributed by atoms with Crippen molar-refractivity contribution in [2.45, 2.75) is 50.7 Å². The van der Waals surface area contributed by atoms with Crippen LogP contribution in [-0.4, -0.2) is 101 Å². The lowest BCUT2D eigenvalue weighted by atomic mass is 9.98. The van der Waals surface area contributed by atoms with Gasteiger partial charge in [-0.05, 0) is 57.4 Å². The van der Waals surface area contributed by atoms with Crippen molar-refractivity contribution in [3.05, 3.63) is 54.6 Å². The summed E-state index contributed by atoms with van der Waals surface area (Å²) in [5.41, 5.74) is 1.49. The minimum absolute atomic E-state index is 0.508. The standard InChI is InChI=1S/C27H42N6/c1-3-7-25(8-4-1)27(23-30-14-9-26(10-15-30)32-12-5-2-6-13-32)33-21-19-29(20-22-33)17-18-31-16-11-28-24-31/h1,3-4,7-8,11,16,24,26-27H,2,5-6,9-10,12-15,17-23H2. The van der Waals surface area contributed by atoms with Crippen LogP contribution < -0.4 is 0 Å². The van der Waals surface area contributed by atoms with Crippen LogP contribution in [0.5, 0.6) is 0 Å². The number of hydrogen-bond acceptors (Lipinski definition) is 5. The van der Waals surface area contributed by atoms with E-state index in [0.717, 1.165) is 45.3 Å². The molecule has 3 saturated heterocycles. The van der Waals surface area contributed by atoms with Crippen molar-refractivity contribution in [1.29, 1.82) is 0 Å². The van der Waals surface area contributed by atoms with Gasteiger partial charge in [-0.1, -0.05) is 36.8 Å². The molecule has 1 aromatic heterocycles. The van der Waals surface area contributed by atoms with E-state index in [0.29, 0.717) is 6.04 Å². The van der Waals surface area contributed by atoms with E-state index in [-0.39, 0.29) is 0 Å². The molecule has 1 atom stereocenters. The number of likely N-dealkylation sites (tertiary alicyclic amines) is 2. The van der Waals surface area contributed by atoms with E-state index < -0.39 is 0 Å². The second-order valence-electron chi connectivity index (χ2n) is 10.2. The Morgan fingerprint density at radius 2 is 1.55 bits per heavy atom. The zero-order valence-electron chi connectivity index (χ0n) is 20.3. The molecule has 1 aromatic carbocycles. The highest BCUT2D eigenvalue weighted by Gasteiger charge is 2.30. The number of imidazole rings is 1. The zero-order chi connectivity index (χ0) is 22.3. The summed E-state index contributed by atoms with van der Waals surface area (Å²) < 4.78 is 2.19. The molecule has 0 N–H and O–H groups in total. The highest BCUT2D eigenvalue weighted by atomic mass is 15.3. The van der Waals surface area contributed by atoms with Crippen LogP contribution in [0.4, 0.5) is 0 Å². The summed E-state index contributed by atoms with van der Waals surface area (Å²) in [7, 11) is 0. The van der Waals surface area contributed by atoms with Crippen molar-refractivity contribution in [3.8, 4) is 0 Å². The molecule has 3 aliphatic rings. The predicted octanol–water partition coefficient (Wildman–Crippen LogP) is 3.19. The van der Waals surface area contributed by atoms with Crippen LogP contribution >= 0.6 is 0 Å². The summed E-state index contributed by atoms with van der Waals surface area (Å²) in [6.45, 7) is 13.2. The van der Waals surface area contributed by atoms with Crippen LogP contribution in [0.15, 0.2) is 49.1 Å². The van der Waals surface area contributed by atoms with Crippen LogP contribution in [0.3, 0.4) is 0 Å². The van der Waals surface area contributed by atoms with Gasteiger partial charge in [-0.25, -0.2) is 4.98 Å². The van der Waals surface area contributed by atoms with Crippen LogP contribution in [0.25, 0.3) is 0 Å². The Kier molecular flexibility index (Phi) is 8.10. The minimum Gasteiger partial charge on any atom is -0.336 e. The molecule has 6 heteroatoms. The summed E-state index contributed by atoms with van der Waals surface area (Å²) in [6.07, 6.45) is 12.8. The van der Waals surface area contributed by atoms with Crippen LogP contribution in [-0.2, 0) is 6.54 Å². The maximum absolute atomic E-state index is 4.17. The molecular formula is C27H42N6. The maximum atomic E-state index is 4.17. The predicted molar refractivity (Wildman–Crippen MR) is 134 cm³/mol. The molecule has 6 nitrogen and oxygen atoms in total. The molecule has 0 amide bonds. The fraction of sp³-hybridized carbons (Fsp3) is 0.667. The molecule has 33 heavy (non-hydrogen) atoms. The third-order valence-electron chi connectivity index (χ3n) is 8.16. The fourth-order valence-electron chi connectivity index (χ4n) is 6.08. The molecule has 4 heterocycles. The first-order chi connectivity index (χ1) is 16.3. The molecule has 0 aliphatic carbocycles. The number of piperazine rings is 1.